The number of hydrogen-bond donors (Lipinski definition) is 4. The highest BCUT2D eigenvalue weighted by atomic mass is 16.4. The van der Waals surface area contributed by atoms with Gasteiger partial charge in [-0.1, -0.05) is 61.6 Å². The Hall–Kier alpha value is -3.04. The maximum absolute atomic E-state index is 13.3. The van der Waals surface area contributed by atoms with Gasteiger partial charge < -0.3 is 20.7 Å². The van der Waals surface area contributed by atoms with Crippen LogP contribution in [-0.4, -0.2) is 50.9 Å². The van der Waals surface area contributed by atoms with Crippen LogP contribution in [-0.2, 0) is 24.1 Å². The third-order valence-corrected chi connectivity index (χ3v) is 6.35. The van der Waals surface area contributed by atoms with Crippen LogP contribution in [0.5, 0.6) is 0 Å². The molecule has 2 aromatic rings. The molecule has 1 aliphatic heterocycles. The van der Waals surface area contributed by atoms with Crippen molar-refractivity contribution >= 4 is 18.9 Å². The number of rotatable bonds is 4. The minimum atomic E-state index is -1.77. The second kappa shape index (κ2) is 13.9. The Morgan fingerprint density at radius 3 is 2.42 bits per heavy atom. The van der Waals surface area contributed by atoms with E-state index in [2.05, 4.69) is 26.7 Å². The molecule has 0 saturated carbocycles. The smallest absolute Gasteiger partial charge is 0.426 e. The summed E-state index contributed by atoms with van der Waals surface area (Å²) >= 11 is 0. The molecule has 0 saturated heterocycles. The van der Waals surface area contributed by atoms with Crippen LogP contribution in [0.3, 0.4) is 0 Å². The van der Waals surface area contributed by atoms with Crippen LogP contribution < -0.4 is 10.6 Å². The van der Waals surface area contributed by atoms with Crippen molar-refractivity contribution < 1.29 is 19.6 Å². The molecule has 2 amide bonds. The van der Waals surface area contributed by atoms with Gasteiger partial charge in [-0.05, 0) is 50.7 Å². The highest BCUT2D eigenvalue weighted by molar-refractivity contribution is 6.44. The number of nitrogens with one attached hydrogen (secondary N) is 2. The number of carbonyl (C=O) groups is 2. The summed E-state index contributed by atoms with van der Waals surface area (Å²) in [4.78, 5) is 35.2. The summed E-state index contributed by atoms with van der Waals surface area (Å²) in [5.41, 5.74) is 3.86. The number of benzene rings is 1. The summed E-state index contributed by atoms with van der Waals surface area (Å²) in [6.45, 7) is 3.61. The number of fused-ring (bicyclic) bond motifs is 3. The van der Waals surface area contributed by atoms with Gasteiger partial charge in [0.2, 0.25) is 5.91 Å². The van der Waals surface area contributed by atoms with Crippen LogP contribution in [0, 0.1) is 0 Å². The molecule has 0 radical (unpaired) electrons. The lowest BCUT2D eigenvalue weighted by molar-refractivity contribution is -0.123. The Balaban J connectivity index is 1.91. The molecule has 0 aliphatic carbocycles. The SMILES string of the molecule is CC(C)=C[C@H](NC(=O)[C@@H]1Cc2ccccc2CCCCCCCCc2cncc(n2)C(=O)N1)B(O)O. The van der Waals surface area contributed by atoms with Gasteiger partial charge >= 0.3 is 7.12 Å². The molecule has 9 heteroatoms. The minimum Gasteiger partial charge on any atom is -0.426 e. The third kappa shape index (κ3) is 8.57. The molecule has 2 heterocycles. The van der Waals surface area contributed by atoms with Gasteiger partial charge in [0.1, 0.15) is 11.7 Å². The van der Waals surface area contributed by atoms with E-state index in [0.29, 0.717) is 0 Å². The normalized spacial score (nSPS) is 18.1. The van der Waals surface area contributed by atoms with E-state index in [9.17, 15) is 19.6 Å². The molecule has 0 spiro atoms. The number of allylic oxidation sites excluding steroid dienone is 1. The average molecular weight is 492 g/mol. The van der Waals surface area contributed by atoms with Gasteiger partial charge in [0, 0.05) is 12.6 Å². The molecular formula is C27H37BN4O4. The van der Waals surface area contributed by atoms with Gasteiger partial charge in [-0.25, -0.2) is 4.98 Å². The average Bonchev–Trinajstić information content (AvgIpc) is 2.85. The monoisotopic (exact) mass is 492 g/mol. The van der Waals surface area contributed by atoms with Crippen LogP contribution in [0.15, 0.2) is 48.3 Å². The van der Waals surface area contributed by atoms with Crippen LogP contribution in [0.2, 0.25) is 0 Å². The van der Waals surface area contributed by atoms with Crippen LogP contribution in [0.4, 0.5) is 0 Å². The molecule has 36 heavy (non-hydrogen) atoms. The fraction of sp³-hybridized carbons (Fsp3) is 0.481. The maximum Gasteiger partial charge on any atom is 0.479 e. The van der Waals surface area contributed by atoms with Crippen molar-refractivity contribution in [3.05, 3.63) is 70.8 Å². The summed E-state index contributed by atoms with van der Waals surface area (Å²) in [5.74, 6) is -1.99. The van der Waals surface area contributed by atoms with Crippen molar-refractivity contribution in [2.24, 2.45) is 0 Å². The second-order valence-corrected chi connectivity index (χ2v) is 9.71. The first-order valence-corrected chi connectivity index (χ1v) is 12.8. The van der Waals surface area contributed by atoms with Crippen LogP contribution in [0.1, 0.15) is 79.7 Å². The van der Waals surface area contributed by atoms with E-state index in [1.54, 1.807) is 26.1 Å². The zero-order chi connectivity index (χ0) is 25.9. The lowest BCUT2D eigenvalue weighted by atomic mass is 9.78. The van der Waals surface area contributed by atoms with Crippen LogP contribution in [0.25, 0.3) is 0 Å². The van der Waals surface area contributed by atoms with Crippen molar-refractivity contribution in [2.75, 3.05) is 0 Å². The number of carbonyl (C=O) groups excluding carboxylic acids is 2. The molecule has 4 N–H and O–H groups in total. The van der Waals surface area contributed by atoms with Crippen molar-refractivity contribution in [1.82, 2.24) is 20.6 Å². The number of aryl methyl sites for hydroxylation is 2. The molecular weight excluding hydrogens is 455 g/mol. The summed E-state index contributed by atoms with van der Waals surface area (Å²) < 4.78 is 0. The third-order valence-electron chi connectivity index (χ3n) is 6.35. The first kappa shape index (κ1) is 27.6. The predicted molar refractivity (Wildman–Crippen MR) is 140 cm³/mol. The summed E-state index contributed by atoms with van der Waals surface area (Å²) in [7, 11) is -1.77. The number of aromatic nitrogens is 2. The van der Waals surface area contributed by atoms with E-state index in [-0.39, 0.29) is 12.1 Å². The van der Waals surface area contributed by atoms with Crippen molar-refractivity contribution in [3.8, 4) is 0 Å². The molecule has 2 atom stereocenters. The van der Waals surface area contributed by atoms with E-state index in [4.69, 9.17) is 0 Å². The molecule has 192 valence electrons. The van der Waals surface area contributed by atoms with Gasteiger partial charge in [0.15, 0.2) is 0 Å². The van der Waals surface area contributed by atoms with E-state index >= 15 is 0 Å². The Labute approximate surface area is 213 Å². The van der Waals surface area contributed by atoms with E-state index in [1.165, 1.54) is 19.0 Å². The highest BCUT2D eigenvalue weighted by Crippen LogP contribution is 2.17. The molecule has 1 aliphatic rings. The summed E-state index contributed by atoms with van der Waals surface area (Å²) in [5, 5.41) is 25.1. The van der Waals surface area contributed by atoms with Crippen molar-refractivity contribution in [3.63, 3.8) is 0 Å². The second-order valence-electron chi connectivity index (χ2n) is 9.71. The Morgan fingerprint density at radius 2 is 1.72 bits per heavy atom. The van der Waals surface area contributed by atoms with Gasteiger partial charge in [-0.2, -0.15) is 0 Å². The summed E-state index contributed by atoms with van der Waals surface area (Å²) in [6, 6.07) is 7.02. The van der Waals surface area contributed by atoms with Gasteiger partial charge in [0.05, 0.1) is 17.8 Å². The zero-order valence-electron chi connectivity index (χ0n) is 21.2. The molecule has 3 rings (SSSR count). The van der Waals surface area contributed by atoms with Gasteiger partial charge in [-0.15, -0.1) is 0 Å². The minimum absolute atomic E-state index is 0.158. The molecule has 1 aromatic heterocycles. The first-order valence-electron chi connectivity index (χ1n) is 12.8. The Kier molecular flexibility index (Phi) is 10.6. The van der Waals surface area contributed by atoms with Gasteiger partial charge in [-0.3, -0.25) is 14.6 Å². The predicted octanol–water partition coefficient (Wildman–Crippen LogP) is 2.72. The lowest BCUT2D eigenvalue weighted by Crippen LogP contribution is -2.54. The molecule has 2 bridgehead atoms. The number of hydrogen-bond acceptors (Lipinski definition) is 6. The fourth-order valence-corrected chi connectivity index (χ4v) is 4.45. The number of nitrogens with zero attached hydrogens (tertiary/aromatic N) is 2. The highest BCUT2D eigenvalue weighted by Gasteiger charge is 2.29. The summed E-state index contributed by atoms with van der Waals surface area (Å²) in [6.07, 6.45) is 13.2. The fourth-order valence-electron chi connectivity index (χ4n) is 4.45. The van der Waals surface area contributed by atoms with Gasteiger partial charge in [0.25, 0.3) is 5.91 Å². The first-order chi connectivity index (χ1) is 17.3. The molecule has 1 aromatic carbocycles. The van der Waals surface area contributed by atoms with E-state index in [1.807, 2.05) is 18.2 Å². The lowest BCUT2D eigenvalue weighted by Gasteiger charge is -2.23. The quantitative estimate of drug-likeness (QED) is 0.384. The maximum atomic E-state index is 13.3. The molecule has 8 nitrogen and oxygen atoms in total. The van der Waals surface area contributed by atoms with E-state index < -0.39 is 30.9 Å². The standard InChI is InChI=1S/C27H37BN4O4/c1-19(2)15-25(28(35)36)32-26(33)23-16-21-13-10-9-12-20(21)11-7-5-3-4-6-8-14-22-17-29-18-24(30-22)27(34)31-23/h9-10,12-13,15,17-18,23,25,35-36H,3-8,11,14,16H2,1-2H3,(H,31,34)(H,32,33)/t23-,25-/m0/s1. The Morgan fingerprint density at radius 1 is 1.06 bits per heavy atom. The van der Waals surface area contributed by atoms with Crippen molar-refractivity contribution in [2.45, 2.75) is 83.6 Å². The zero-order valence-corrected chi connectivity index (χ0v) is 21.2. The topological polar surface area (TPSA) is 124 Å². The molecule has 0 unspecified atom stereocenters. The molecule has 0 fully saturated rings. The Bertz CT molecular complexity index is 1060. The number of amides is 2. The van der Waals surface area contributed by atoms with Crippen molar-refractivity contribution in [1.29, 1.82) is 0 Å². The van der Waals surface area contributed by atoms with E-state index in [0.717, 1.165) is 60.9 Å². The van der Waals surface area contributed by atoms with Crippen LogP contribution >= 0.6 is 0 Å². The largest absolute Gasteiger partial charge is 0.479 e.